The van der Waals surface area contributed by atoms with Crippen LogP contribution < -0.4 is 0 Å². The van der Waals surface area contributed by atoms with Gasteiger partial charge in [-0.2, -0.15) is 4.98 Å². The number of allylic oxidation sites excluding steroid dienone is 2. The predicted octanol–water partition coefficient (Wildman–Crippen LogP) is 5.37. The van der Waals surface area contributed by atoms with Crippen LogP contribution in [0.2, 0.25) is 0 Å². The molecular weight excluding hydrogens is 460 g/mol. The minimum absolute atomic E-state index is 0.0748. The van der Waals surface area contributed by atoms with Gasteiger partial charge in [-0.25, -0.2) is 0 Å². The van der Waals surface area contributed by atoms with Crippen LogP contribution in [-0.2, 0) is 16.0 Å². The van der Waals surface area contributed by atoms with Gasteiger partial charge in [-0.1, -0.05) is 61.5 Å². The van der Waals surface area contributed by atoms with E-state index in [0.717, 1.165) is 5.56 Å². The van der Waals surface area contributed by atoms with E-state index in [4.69, 9.17) is 9.26 Å². The molecule has 0 aliphatic carbocycles. The number of nitro groups is 1. The van der Waals surface area contributed by atoms with Crippen LogP contribution in [0.3, 0.4) is 0 Å². The van der Waals surface area contributed by atoms with E-state index < -0.39 is 22.7 Å². The third-order valence-corrected chi connectivity index (χ3v) is 5.98. The monoisotopic (exact) mass is 488 g/mol. The van der Waals surface area contributed by atoms with Crippen molar-refractivity contribution in [2.75, 3.05) is 6.61 Å². The lowest BCUT2D eigenvalue weighted by Crippen LogP contribution is -2.34. The summed E-state index contributed by atoms with van der Waals surface area (Å²) >= 11 is 0. The number of aromatic nitrogens is 2. The smallest absolute Gasteiger partial charge is 0.315 e. The number of esters is 1. The third-order valence-electron chi connectivity index (χ3n) is 5.98. The maximum Gasteiger partial charge on any atom is 0.315 e. The zero-order chi connectivity index (χ0) is 25.8. The molecule has 2 aromatic carbocycles. The fraction of sp³-hybridized carbons (Fsp3) is 0.333. The summed E-state index contributed by atoms with van der Waals surface area (Å²) in [4.78, 5) is 33.6. The maximum atomic E-state index is 13.3. The third kappa shape index (κ3) is 5.40. The molecule has 36 heavy (non-hydrogen) atoms. The van der Waals surface area contributed by atoms with Crippen molar-refractivity contribution in [2.24, 2.45) is 16.8 Å². The molecule has 0 bridgehead atoms. The van der Waals surface area contributed by atoms with Gasteiger partial charge >= 0.3 is 5.97 Å². The number of nitrogens with zero attached hydrogens (tertiary/aromatic N) is 4. The second kappa shape index (κ2) is 10.6. The second-order valence-electron chi connectivity index (χ2n) is 9.26. The quantitative estimate of drug-likeness (QED) is 0.237. The molecule has 4 rings (SSSR count). The number of non-ortho nitro benzene ring substituents is 1. The van der Waals surface area contributed by atoms with Gasteiger partial charge in [0, 0.05) is 41.5 Å². The van der Waals surface area contributed by atoms with Gasteiger partial charge in [0.15, 0.2) is 5.82 Å². The molecule has 186 valence electrons. The number of aliphatic imine (C=N–C) groups is 1. The number of rotatable bonds is 8. The fourth-order valence-electron chi connectivity index (χ4n) is 4.36. The average Bonchev–Trinajstić information content (AvgIpc) is 3.30. The zero-order valence-corrected chi connectivity index (χ0v) is 20.7. The Morgan fingerprint density at radius 3 is 2.58 bits per heavy atom. The first-order valence-corrected chi connectivity index (χ1v) is 11.8. The zero-order valence-electron chi connectivity index (χ0n) is 20.7. The van der Waals surface area contributed by atoms with E-state index in [0.29, 0.717) is 34.8 Å². The lowest BCUT2D eigenvalue weighted by atomic mass is 9.75. The normalized spacial score (nSPS) is 17.8. The Hall–Kier alpha value is -4.14. The summed E-state index contributed by atoms with van der Waals surface area (Å²) in [6.07, 6.45) is 0.473. The summed E-state index contributed by atoms with van der Waals surface area (Å²) in [5, 5.41) is 15.7. The van der Waals surface area contributed by atoms with Crippen molar-refractivity contribution in [1.29, 1.82) is 0 Å². The summed E-state index contributed by atoms with van der Waals surface area (Å²) < 4.78 is 11.3. The molecule has 1 aliphatic rings. The Bertz CT molecular complexity index is 1330. The Kier molecular flexibility index (Phi) is 7.38. The van der Waals surface area contributed by atoms with Crippen LogP contribution in [0.4, 0.5) is 5.69 Å². The Morgan fingerprint density at radius 2 is 1.89 bits per heavy atom. The number of carbonyl (C=O) groups excluding carboxylic acids is 1. The van der Waals surface area contributed by atoms with Crippen molar-refractivity contribution in [1.82, 2.24) is 10.1 Å². The summed E-state index contributed by atoms with van der Waals surface area (Å²) in [7, 11) is 0. The van der Waals surface area contributed by atoms with Crippen molar-refractivity contribution in [2.45, 2.75) is 40.0 Å². The van der Waals surface area contributed by atoms with Gasteiger partial charge in [-0.15, -0.1) is 0 Å². The highest BCUT2D eigenvalue weighted by Gasteiger charge is 2.42. The predicted molar refractivity (Wildman–Crippen MR) is 134 cm³/mol. The molecule has 0 N–H and O–H groups in total. The Morgan fingerprint density at radius 1 is 1.14 bits per heavy atom. The first-order valence-electron chi connectivity index (χ1n) is 11.8. The molecule has 0 spiro atoms. The molecule has 1 aromatic heterocycles. The van der Waals surface area contributed by atoms with Gasteiger partial charge in [0.2, 0.25) is 0 Å². The van der Waals surface area contributed by atoms with Crippen LogP contribution in [0.1, 0.15) is 56.5 Å². The van der Waals surface area contributed by atoms with E-state index in [9.17, 15) is 14.9 Å². The molecule has 9 nitrogen and oxygen atoms in total. The van der Waals surface area contributed by atoms with Crippen molar-refractivity contribution >= 4 is 22.9 Å². The molecule has 0 saturated heterocycles. The molecule has 2 unspecified atom stereocenters. The van der Waals surface area contributed by atoms with Crippen LogP contribution in [0.25, 0.3) is 5.57 Å². The van der Waals surface area contributed by atoms with E-state index >= 15 is 0 Å². The van der Waals surface area contributed by atoms with Crippen molar-refractivity contribution in [3.05, 3.63) is 93.3 Å². The van der Waals surface area contributed by atoms with Crippen LogP contribution in [0.5, 0.6) is 0 Å². The molecule has 9 heteroatoms. The Balaban J connectivity index is 1.79. The molecule has 1 aliphatic heterocycles. The largest absolute Gasteiger partial charge is 0.465 e. The number of nitro benzene ring substituents is 1. The van der Waals surface area contributed by atoms with Gasteiger partial charge < -0.3 is 9.26 Å². The maximum absolute atomic E-state index is 13.3. The number of hydrogen-bond acceptors (Lipinski definition) is 8. The fourth-order valence-corrected chi connectivity index (χ4v) is 4.36. The van der Waals surface area contributed by atoms with Gasteiger partial charge in [0.25, 0.3) is 11.6 Å². The average molecular weight is 489 g/mol. The number of ether oxygens (including phenoxy) is 1. The number of benzene rings is 2. The standard InChI is InChI=1S/C27H28N4O5/c1-16(2)15-35-27(32)24-18(4)28-17(3)23(25(24)20-11-8-12-21(14-20)31(33)34)26-29-22(30-36-26)13-19-9-6-5-7-10-19/h5-12,14,16,24-25H,13,15H2,1-4H3. The summed E-state index contributed by atoms with van der Waals surface area (Å²) in [5.41, 5.74) is 3.24. The van der Waals surface area contributed by atoms with Gasteiger partial charge in [-0.3, -0.25) is 19.9 Å². The highest BCUT2D eigenvalue weighted by molar-refractivity contribution is 6.06. The first kappa shape index (κ1) is 25.0. The number of carbonyl (C=O) groups is 1. The lowest BCUT2D eigenvalue weighted by Gasteiger charge is -2.31. The minimum atomic E-state index is -0.797. The molecular formula is C27H28N4O5. The second-order valence-corrected chi connectivity index (χ2v) is 9.26. The minimum Gasteiger partial charge on any atom is -0.465 e. The summed E-state index contributed by atoms with van der Waals surface area (Å²) in [6, 6.07) is 16.0. The van der Waals surface area contributed by atoms with Crippen molar-refractivity contribution < 1.29 is 19.0 Å². The summed E-state index contributed by atoms with van der Waals surface area (Å²) in [5.74, 6) is -1.02. The van der Waals surface area contributed by atoms with Crippen molar-refractivity contribution in [3.8, 4) is 0 Å². The summed E-state index contributed by atoms with van der Waals surface area (Å²) in [6.45, 7) is 7.73. The van der Waals surface area contributed by atoms with Crippen LogP contribution in [0, 0.1) is 22.0 Å². The van der Waals surface area contributed by atoms with E-state index in [-0.39, 0.29) is 24.1 Å². The van der Waals surface area contributed by atoms with Crippen LogP contribution in [-0.4, -0.2) is 33.4 Å². The van der Waals surface area contributed by atoms with Crippen molar-refractivity contribution in [3.63, 3.8) is 0 Å². The Labute approximate surface area is 209 Å². The van der Waals surface area contributed by atoms with E-state index in [1.807, 2.05) is 44.2 Å². The molecule has 3 aromatic rings. The molecule has 0 radical (unpaired) electrons. The van der Waals surface area contributed by atoms with Gasteiger partial charge in [0.1, 0.15) is 5.92 Å². The van der Waals surface area contributed by atoms with E-state index in [1.54, 1.807) is 26.0 Å². The van der Waals surface area contributed by atoms with Gasteiger partial charge in [-0.05, 0) is 30.9 Å². The highest BCUT2D eigenvalue weighted by atomic mass is 16.6. The topological polar surface area (TPSA) is 121 Å². The van der Waals surface area contributed by atoms with Gasteiger partial charge in [0.05, 0.1) is 11.5 Å². The highest BCUT2D eigenvalue weighted by Crippen LogP contribution is 2.44. The first-order chi connectivity index (χ1) is 17.2. The molecule has 0 saturated carbocycles. The van der Waals surface area contributed by atoms with Crippen LogP contribution in [0.15, 0.2) is 69.8 Å². The molecule has 2 atom stereocenters. The van der Waals surface area contributed by atoms with Crippen LogP contribution >= 0.6 is 0 Å². The van der Waals surface area contributed by atoms with E-state index in [1.165, 1.54) is 12.1 Å². The molecule has 0 fully saturated rings. The lowest BCUT2D eigenvalue weighted by molar-refractivity contribution is -0.384. The number of hydrogen-bond donors (Lipinski definition) is 0. The molecule has 0 amide bonds. The van der Waals surface area contributed by atoms with E-state index in [2.05, 4.69) is 15.1 Å². The molecule has 2 heterocycles. The SMILES string of the molecule is CC1=NC(C)=C(c2nc(Cc3ccccc3)no2)C(c2cccc([N+](=O)[O-])c2)C1C(=O)OCC(C)C.